The fourth-order valence-corrected chi connectivity index (χ4v) is 1.56. The third-order valence-corrected chi connectivity index (χ3v) is 2.40. The van der Waals surface area contributed by atoms with Crippen molar-refractivity contribution >= 4 is 18.0 Å². The number of carboxylic acid groups (broad SMARTS) is 1. The van der Waals surface area contributed by atoms with E-state index in [0.717, 1.165) is 5.56 Å². The maximum Gasteiger partial charge on any atom is 0.407 e. The lowest BCUT2D eigenvalue weighted by Gasteiger charge is -2.15. The van der Waals surface area contributed by atoms with Gasteiger partial charge < -0.3 is 20.9 Å². The predicted octanol–water partition coefficient (Wildman–Crippen LogP) is 0.631. The van der Waals surface area contributed by atoms with Crippen LogP contribution in [0.15, 0.2) is 30.3 Å². The van der Waals surface area contributed by atoms with Crippen molar-refractivity contribution in [2.24, 2.45) is 5.73 Å². The van der Waals surface area contributed by atoms with E-state index in [1.54, 1.807) is 24.3 Å². The predicted molar refractivity (Wildman–Crippen MR) is 69.6 cm³/mol. The van der Waals surface area contributed by atoms with Gasteiger partial charge in [-0.2, -0.15) is 0 Å². The first-order valence-electron chi connectivity index (χ1n) is 5.94. The van der Waals surface area contributed by atoms with Crippen LogP contribution >= 0.6 is 0 Å². The third-order valence-electron chi connectivity index (χ3n) is 2.40. The molecule has 0 aromatic heterocycles. The van der Waals surface area contributed by atoms with Gasteiger partial charge in [-0.05, 0) is 5.56 Å². The standard InChI is InChI=1S/C13H16N2O5/c14-11(16)6-10(7-12(17)18)15-13(19)20-8-9-4-2-1-3-5-9/h1-5,10H,6-8H2,(H2,14,16)(H,15,19)(H,17,18). The number of carboxylic acids is 1. The Morgan fingerprint density at radius 3 is 2.40 bits per heavy atom. The van der Waals surface area contributed by atoms with Crippen molar-refractivity contribution in [3.8, 4) is 0 Å². The van der Waals surface area contributed by atoms with Crippen LogP contribution in [0.5, 0.6) is 0 Å². The summed E-state index contributed by atoms with van der Waals surface area (Å²) < 4.78 is 4.93. The lowest BCUT2D eigenvalue weighted by Crippen LogP contribution is -2.39. The van der Waals surface area contributed by atoms with E-state index in [9.17, 15) is 14.4 Å². The summed E-state index contributed by atoms with van der Waals surface area (Å²) in [4.78, 5) is 32.9. The van der Waals surface area contributed by atoms with Crippen LogP contribution in [0, 0.1) is 0 Å². The molecule has 4 N–H and O–H groups in total. The maximum absolute atomic E-state index is 11.5. The molecule has 1 aromatic rings. The summed E-state index contributed by atoms with van der Waals surface area (Å²) in [5, 5.41) is 11.0. The monoisotopic (exact) mass is 280 g/mol. The number of rotatable bonds is 7. The summed E-state index contributed by atoms with van der Waals surface area (Å²) in [5.74, 6) is -1.83. The zero-order chi connectivity index (χ0) is 15.0. The fraction of sp³-hybridized carbons (Fsp3) is 0.308. The molecule has 1 atom stereocenters. The number of nitrogens with two attached hydrogens (primary N) is 1. The number of hydrogen-bond acceptors (Lipinski definition) is 4. The van der Waals surface area contributed by atoms with Crippen LogP contribution in [0.2, 0.25) is 0 Å². The van der Waals surface area contributed by atoms with Gasteiger partial charge in [0.25, 0.3) is 0 Å². The van der Waals surface area contributed by atoms with E-state index in [-0.39, 0.29) is 13.0 Å². The second kappa shape index (κ2) is 7.78. The number of carbonyl (C=O) groups is 3. The Bertz CT molecular complexity index is 459. The Balaban J connectivity index is 2.44. The van der Waals surface area contributed by atoms with Gasteiger partial charge in [0.1, 0.15) is 6.61 Å². The van der Waals surface area contributed by atoms with E-state index in [2.05, 4.69) is 5.32 Å². The molecule has 0 spiro atoms. The number of amides is 2. The van der Waals surface area contributed by atoms with Crippen molar-refractivity contribution in [3.05, 3.63) is 35.9 Å². The summed E-state index contributed by atoms with van der Waals surface area (Å²) in [5.41, 5.74) is 5.78. The number of primary amides is 1. The second-order valence-corrected chi connectivity index (χ2v) is 4.17. The second-order valence-electron chi connectivity index (χ2n) is 4.17. The molecule has 0 aliphatic carbocycles. The van der Waals surface area contributed by atoms with E-state index < -0.39 is 30.4 Å². The highest BCUT2D eigenvalue weighted by Gasteiger charge is 2.18. The molecule has 0 saturated heterocycles. The molecule has 7 nitrogen and oxygen atoms in total. The Hall–Kier alpha value is -2.57. The summed E-state index contributed by atoms with van der Waals surface area (Å²) in [7, 11) is 0. The average Bonchev–Trinajstić information content (AvgIpc) is 2.36. The molecular weight excluding hydrogens is 264 g/mol. The van der Waals surface area contributed by atoms with E-state index in [4.69, 9.17) is 15.6 Å². The Kier molecular flexibility index (Phi) is 6.02. The number of alkyl carbamates (subject to hydrolysis) is 1. The first kappa shape index (κ1) is 15.5. The Labute approximate surface area is 115 Å². The molecule has 0 aliphatic rings. The quantitative estimate of drug-likeness (QED) is 0.677. The van der Waals surface area contributed by atoms with Gasteiger partial charge in [-0.25, -0.2) is 4.79 Å². The normalized spacial score (nSPS) is 11.4. The molecule has 0 radical (unpaired) electrons. The van der Waals surface area contributed by atoms with E-state index in [1.807, 2.05) is 6.07 Å². The van der Waals surface area contributed by atoms with Crippen LogP contribution in [0.25, 0.3) is 0 Å². The van der Waals surface area contributed by atoms with Gasteiger partial charge in [0, 0.05) is 6.42 Å². The first-order valence-corrected chi connectivity index (χ1v) is 5.94. The molecule has 7 heteroatoms. The SMILES string of the molecule is NC(=O)CC(CC(=O)O)NC(=O)OCc1ccccc1. The van der Waals surface area contributed by atoms with Crippen molar-refractivity contribution in [2.45, 2.75) is 25.5 Å². The summed E-state index contributed by atoms with van der Waals surface area (Å²) in [6.45, 7) is 0.0586. The van der Waals surface area contributed by atoms with Crippen molar-refractivity contribution < 1.29 is 24.2 Å². The van der Waals surface area contributed by atoms with Crippen LogP contribution < -0.4 is 11.1 Å². The molecular formula is C13H16N2O5. The zero-order valence-electron chi connectivity index (χ0n) is 10.7. The number of benzene rings is 1. The van der Waals surface area contributed by atoms with E-state index >= 15 is 0 Å². The minimum Gasteiger partial charge on any atom is -0.481 e. The molecule has 0 saturated carbocycles. The summed E-state index contributed by atoms with van der Waals surface area (Å²) in [6.07, 6.45) is -1.45. The smallest absolute Gasteiger partial charge is 0.407 e. The molecule has 108 valence electrons. The highest BCUT2D eigenvalue weighted by atomic mass is 16.5. The number of carbonyl (C=O) groups excluding carboxylic acids is 2. The molecule has 1 unspecified atom stereocenters. The minimum absolute atomic E-state index is 0.0586. The van der Waals surface area contributed by atoms with Crippen molar-refractivity contribution in [3.63, 3.8) is 0 Å². The van der Waals surface area contributed by atoms with E-state index in [1.165, 1.54) is 0 Å². The van der Waals surface area contributed by atoms with Crippen molar-refractivity contribution in [1.29, 1.82) is 0 Å². The lowest BCUT2D eigenvalue weighted by molar-refractivity contribution is -0.137. The van der Waals surface area contributed by atoms with Crippen LogP contribution in [-0.2, 0) is 20.9 Å². The third kappa shape index (κ3) is 6.39. The molecule has 0 aliphatic heterocycles. The van der Waals surface area contributed by atoms with E-state index in [0.29, 0.717) is 0 Å². The maximum atomic E-state index is 11.5. The molecule has 0 bridgehead atoms. The van der Waals surface area contributed by atoms with Crippen LogP contribution in [0.3, 0.4) is 0 Å². The summed E-state index contributed by atoms with van der Waals surface area (Å²) in [6, 6.07) is 8.12. The van der Waals surface area contributed by atoms with Crippen LogP contribution in [-0.4, -0.2) is 29.1 Å². The molecule has 20 heavy (non-hydrogen) atoms. The zero-order valence-corrected chi connectivity index (χ0v) is 10.7. The van der Waals surface area contributed by atoms with Gasteiger partial charge in [-0.3, -0.25) is 9.59 Å². The minimum atomic E-state index is -1.14. The van der Waals surface area contributed by atoms with Crippen LogP contribution in [0.1, 0.15) is 18.4 Å². The van der Waals surface area contributed by atoms with Gasteiger partial charge in [-0.1, -0.05) is 30.3 Å². The highest BCUT2D eigenvalue weighted by molar-refractivity contribution is 5.78. The topological polar surface area (TPSA) is 119 Å². The van der Waals surface area contributed by atoms with Gasteiger partial charge in [-0.15, -0.1) is 0 Å². The Morgan fingerprint density at radius 2 is 1.85 bits per heavy atom. The number of hydrogen-bond donors (Lipinski definition) is 3. The lowest BCUT2D eigenvalue weighted by atomic mass is 10.1. The first-order chi connectivity index (χ1) is 9.47. The van der Waals surface area contributed by atoms with Gasteiger partial charge in [0.15, 0.2) is 0 Å². The largest absolute Gasteiger partial charge is 0.481 e. The van der Waals surface area contributed by atoms with Gasteiger partial charge >= 0.3 is 12.1 Å². The number of aliphatic carboxylic acids is 1. The molecule has 0 heterocycles. The van der Waals surface area contributed by atoms with Gasteiger partial charge in [0.2, 0.25) is 5.91 Å². The number of nitrogens with one attached hydrogen (secondary N) is 1. The molecule has 2 amide bonds. The molecule has 0 fully saturated rings. The summed E-state index contributed by atoms with van der Waals surface area (Å²) >= 11 is 0. The van der Waals surface area contributed by atoms with Crippen LogP contribution in [0.4, 0.5) is 4.79 Å². The molecule has 1 rings (SSSR count). The van der Waals surface area contributed by atoms with Gasteiger partial charge in [0.05, 0.1) is 12.5 Å². The number of ether oxygens (including phenoxy) is 1. The fourth-order valence-electron chi connectivity index (χ4n) is 1.56. The highest BCUT2D eigenvalue weighted by Crippen LogP contribution is 2.03. The Morgan fingerprint density at radius 1 is 1.20 bits per heavy atom. The molecule has 1 aromatic carbocycles. The van der Waals surface area contributed by atoms with Crippen molar-refractivity contribution in [1.82, 2.24) is 5.32 Å². The van der Waals surface area contributed by atoms with Crippen molar-refractivity contribution in [2.75, 3.05) is 0 Å². The average molecular weight is 280 g/mol.